The lowest BCUT2D eigenvalue weighted by atomic mass is 10.1. The van der Waals surface area contributed by atoms with Crippen molar-refractivity contribution in [3.63, 3.8) is 0 Å². The molecule has 33 heavy (non-hydrogen) atoms. The lowest BCUT2D eigenvalue weighted by molar-refractivity contribution is -0.152. The van der Waals surface area contributed by atoms with Gasteiger partial charge in [-0.05, 0) is 25.7 Å². The number of carboxylic acid groups (broad SMARTS) is 1. The summed E-state index contributed by atoms with van der Waals surface area (Å²) in [5.74, 6) is -3.61. The van der Waals surface area contributed by atoms with Crippen LogP contribution >= 0.6 is 0 Å². The maximum atomic E-state index is 13.3. The van der Waals surface area contributed by atoms with Gasteiger partial charge in [-0.2, -0.15) is 0 Å². The Morgan fingerprint density at radius 3 is 2.42 bits per heavy atom. The lowest BCUT2D eigenvalue weighted by Crippen LogP contribution is -2.57. The monoisotopic (exact) mass is 463 g/mol. The molecule has 13 heteroatoms. The summed E-state index contributed by atoms with van der Waals surface area (Å²) < 4.78 is 0. The van der Waals surface area contributed by atoms with Crippen molar-refractivity contribution in [2.75, 3.05) is 13.1 Å². The van der Waals surface area contributed by atoms with Gasteiger partial charge in [-0.3, -0.25) is 19.2 Å². The van der Waals surface area contributed by atoms with E-state index in [0.29, 0.717) is 37.9 Å². The van der Waals surface area contributed by atoms with E-state index in [1.165, 1.54) is 22.3 Å². The number of nitrogens with one attached hydrogen (secondary N) is 2. The Labute approximate surface area is 189 Å². The summed E-state index contributed by atoms with van der Waals surface area (Å²) in [6.45, 7) is 0.546. The van der Waals surface area contributed by atoms with Crippen molar-refractivity contribution in [1.82, 2.24) is 25.1 Å². The summed E-state index contributed by atoms with van der Waals surface area (Å²) in [7, 11) is 0. The summed E-state index contributed by atoms with van der Waals surface area (Å²) in [6.07, 6.45) is 4.46. The molecule has 2 saturated heterocycles. The molecule has 1 aromatic heterocycles. The molecule has 2 fully saturated rings. The van der Waals surface area contributed by atoms with Crippen molar-refractivity contribution >= 4 is 29.6 Å². The van der Waals surface area contributed by atoms with Crippen molar-refractivity contribution < 1.29 is 29.1 Å². The molecule has 1 aromatic rings. The minimum atomic E-state index is -1.29. The normalized spacial score (nSPS) is 22.1. The molecular weight excluding hydrogens is 434 g/mol. The first-order valence-corrected chi connectivity index (χ1v) is 10.8. The molecule has 4 amide bonds. The third-order valence-electron chi connectivity index (χ3n) is 5.99. The van der Waals surface area contributed by atoms with Gasteiger partial charge >= 0.3 is 5.97 Å². The van der Waals surface area contributed by atoms with Crippen molar-refractivity contribution in [3.8, 4) is 0 Å². The van der Waals surface area contributed by atoms with Gasteiger partial charge in [0.2, 0.25) is 23.6 Å². The number of carboxylic acids is 1. The molecule has 0 radical (unpaired) electrons. The van der Waals surface area contributed by atoms with Gasteiger partial charge in [0.1, 0.15) is 18.1 Å². The van der Waals surface area contributed by atoms with Crippen molar-refractivity contribution in [2.45, 2.75) is 62.7 Å². The quantitative estimate of drug-likeness (QED) is 0.269. The second kappa shape index (κ2) is 10.4. The highest BCUT2D eigenvalue weighted by atomic mass is 16.4. The Balaban J connectivity index is 1.70. The van der Waals surface area contributed by atoms with Crippen LogP contribution in [0.2, 0.25) is 0 Å². The Morgan fingerprint density at radius 2 is 1.82 bits per heavy atom. The van der Waals surface area contributed by atoms with E-state index in [9.17, 15) is 29.1 Å². The van der Waals surface area contributed by atoms with Crippen molar-refractivity contribution in [1.29, 1.82) is 0 Å². The van der Waals surface area contributed by atoms with E-state index in [1.54, 1.807) is 0 Å². The van der Waals surface area contributed by atoms with Crippen LogP contribution in [0, 0.1) is 0 Å². The second-order valence-corrected chi connectivity index (χ2v) is 8.34. The molecule has 0 aromatic carbocycles. The topological polar surface area (TPSA) is 205 Å². The molecule has 7 N–H and O–H groups in total. The van der Waals surface area contributed by atoms with E-state index < -0.39 is 60.2 Å². The number of nitrogens with zero attached hydrogens (tertiary/aromatic N) is 3. The van der Waals surface area contributed by atoms with Crippen LogP contribution in [0.5, 0.6) is 0 Å². The van der Waals surface area contributed by atoms with Crippen LogP contribution in [-0.4, -0.2) is 91.7 Å². The highest BCUT2D eigenvalue weighted by Gasteiger charge is 2.43. The SMILES string of the molecule is NC(=O)CC(NC(=O)C(N)Cc1cnc[nH]1)C(=O)N1CCCC1C(=O)N1CCCC1C(=O)O. The van der Waals surface area contributed by atoms with Gasteiger partial charge in [0.15, 0.2) is 0 Å². The first-order valence-electron chi connectivity index (χ1n) is 10.8. The smallest absolute Gasteiger partial charge is 0.326 e. The van der Waals surface area contributed by atoms with Crippen molar-refractivity contribution in [2.24, 2.45) is 11.5 Å². The number of rotatable bonds is 9. The van der Waals surface area contributed by atoms with E-state index in [4.69, 9.17) is 11.5 Å². The molecular formula is C20H29N7O6. The number of aliphatic carboxylic acids is 1. The minimum Gasteiger partial charge on any atom is -0.480 e. The summed E-state index contributed by atoms with van der Waals surface area (Å²) in [5.41, 5.74) is 11.8. The minimum absolute atomic E-state index is 0.139. The standard InChI is InChI=1S/C20H29N7O6/c21-12(7-11-9-23-10-24-11)17(29)25-13(8-16(22)28)18(30)26-5-1-3-14(26)19(31)27-6-2-4-15(27)20(32)33/h9-10,12-15H,1-8,21H2,(H2,22,28)(H,23,24)(H,25,29)(H,32,33). The fourth-order valence-electron chi connectivity index (χ4n) is 4.37. The molecule has 13 nitrogen and oxygen atoms in total. The first kappa shape index (κ1) is 24.2. The maximum absolute atomic E-state index is 13.3. The maximum Gasteiger partial charge on any atom is 0.326 e. The van der Waals surface area contributed by atoms with Gasteiger partial charge in [-0.15, -0.1) is 0 Å². The number of aromatic nitrogens is 2. The summed E-state index contributed by atoms with van der Waals surface area (Å²) in [4.78, 5) is 71.3. The molecule has 4 atom stereocenters. The van der Waals surface area contributed by atoms with Gasteiger partial charge < -0.3 is 36.7 Å². The number of aromatic amines is 1. The number of carbonyl (C=O) groups is 5. The number of carbonyl (C=O) groups excluding carboxylic acids is 4. The van der Waals surface area contributed by atoms with Gasteiger partial charge in [0.05, 0.1) is 18.8 Å². The molecule has 2 aliphatic heterocycles. The number of primary amides is 1. The Bertz CT molecular complexity index is 905. The van der Waals surface area contributed by atoms with E-state index in [-0.39, 0.29) is 13.0 Å². The van der Waals surface area contributed by atoms with Gasteiger partial charge in [-0.1, -0.05) is 0 Å². The van der Waals surface area contributed by atoms with Gasteiger partial charge in [0, 0.05) is 31.4 Å². The van der Waals surface area contributed by atoms with E-state index >= 15 is 0 Å². The van der Waals surface area contributed by atoms with Crippen LogP contribution in [0.4, 0.5) is 0 Å². The Kier molecular flexibility index (Phi) is 7.63. The predicted octanol–water partition coefficient (Wildman–Crippen LogP) is -2.29. The largest absolute Gasteiger partial charge is 0.480 e. The Morgan fingerprint density at radius 1 is 1.15 bits per heavy atom. The first-order chi connectivity index (χ1) is 15.7. The van der Waals surface area contributed by atoms with Crippen LogP contribution in [0.1, 0.15) is 37.8 Å². The zero-order valence-electron chi connectivity index (χ0n) is 18.1. The molecule has 0 spiro atoms. The van der Waals surface area contributed by atoms with E-state index in [0.717, 1.165) is 0 Å². The average Bonchev–Trinajstić information content (AvgIpc) is 3.53. The summed E-state index contributed by atoms with van der Waals surface area (Å²) >= 11 is 0. The molecule has 2 aliphatic rings. The van der Waals surface area contributed by atoms with E-state index in [2.05, 4.69) is 15.3 Å². The van der Waals surface area contributed by atoms with Gasteiger partial charge in [-0.25, -0.2) is 9.78 Å². The highest BCUT2D eigenvalue weighted by molar-refractivity contribution is 5.96. The Hall–Kier alpha value is -3.48. The number of hydrogen-bond acceptors (Lipinski definition) is 7. The number of hydrogen-bond donors (Lipinski definition) is 5. The van der Waals surface area contributed by atoms with Crippen LogP contribution in [-0.2, 0) is 30.4 Å². The molecule has 0 saturated carbocycles. The van der Waals surface area contributed by atoms with Gasteiger partial charge in [0.25, 0.3) is 0 Å². The third-order valence-corrected chi connectivity index (χ3v) is 5.99. The number of nitrogens with two attached hydrogens (primary N) is 2. The molecule has 4 unspecified atom stereocenters. The molecule has 3 rings (SSSR count). The van der Waals surface area contributed by atoms with Crippen LogP contribution in [0.25, 0.3) is 0 Å². The van der Waals surface area contributed by atoms with Crippen LogP contribution in [0.15, 0.2) is 12.5 Å². The molecule has 3 heterocycles. The number of imidazole rings is 1. The number of amides is 4. The van der Waals surface area contributed by atoms with Crippen LogP contribution in [0.3, 0.4) is 0 Å². The lowest BCUT2D eigenvalue weighted by Gasteiger charge is -2.32. The van der Waals surface area contributed by atoms with Crippen LogP contribution < -0.4 is 16.8 Å². The zero-order chi connectivity index (χ0) is 24.1. The molecule has 180 valence electrons. The zero-order valence-corrected chi connectivity index (χ0v) is 18.1. The average molecular weight is 463 g/mol. The summed E-state index contributed by atoms with van der Waals surface area (Å²) in [5, 5.41) is 11.9. The highest BCUT2D eigenvalue weighted by Crippen LogP contribution is 2.25. The van der Waals surface area contributed by atoms with Crippen molar-refractivity contribution in [3.05, 3.63) is 18.2 Å². The molecule has 0 aliphatic carbocycles. The number of H-pyrrole nitrogens is 1. The number of likely N-dealkylation sites (tertiary alicyclic amines) is 2. The van der Waals surface area contributed by atoms with E-state index in [1.807, 2.05) is 0 Å². The predicted molar refractivity (Wildman–Crippen MR) is 113 cm³/mol. The fourth-order valence-corrected chi connectivity index (χ4v) is 4.37. The molecule has 0 bridgehead atoms. The third kappa shape index (κ3) is 5.66. The fraction of sp³-hybridized carbons (Fsp3) is 0.600. The second-order valence-electron chi connectivity index (χ2n) is 8.34. The summed E-state index contributed by atoms with van der Waals surface area (Å²) in [6, 6.07) is -4.07.